The molecule has 2 rings (SSSR count). The van der Waals surface area contributed by atoms with Gasteiger partial charge in [-0.15, -0.1) is 0 Å². The molecule has 0 unspecified atom stereocenters. The smallest absolute Gasteiger partial charge is 0.0393 e. The summed E-state index contributed by atoms with van der Waals surface area (Å²) >= 11 is 0. The van der Waals surface area contributed by atoms with Gasteiger partial charge in [0, 0.05) is 24.1 Å². The summed E-state index contributed by atoms with van der Waals surface area (Å²) in [7, 11) is 0. The number of pyridine rings is 1. The van der Waals surface area contributed by atoms with Gasteiger partial charge in [0.2, 0.25) is 0 Å². The summed E-state index contributed by atoms with van der Waals surface area (Å²) in [4.78, 5) is 4.18. The maximum Gasteiger partial charge on any atom is 0.0393 e. The molecule has 82 valence electrons. The summed E-state index contributed by atoms with van der Waals surface area (Å²) in [5.41, 5.74) is 8.33. The van der Waals surface area contributed by atoms with Crippen LogP contribution in [0.4, 0.5) is 5.69 Å². The van der Waals surface area contributed by atoms with E-state index in [0.717, 1.165) is 25.2 Å². The first-order valence-corrected chi connectivity index (χ1v) is 5.61. The molecule has 0 saturated heterocycles. The molecule has 0 spiro atoms. The molecular weight excluding hydrogens is 186 g/mol. The Balaban J connectivity index is 1.88. The highest BCUT2D eigenvalue weighted by Crippen LogP contribution is 2.48. The molecule has 0 radical (unpaired) electrons. The van der Waals surface area contributed by atoms with Gasteiger partial charge in [0.05, 0.1) is 0 Å². The molecule has 1 aliphatic carbocycles. The van der Waals surface area contributed by atoms with Crippen molar-refractivity contribution in [2.75, 3.05) is 18.4 Å². The Morgan fingerprint density at radius 1 is 1.53 bits per heavy atom. The van der Waals surface area contributed by atoms with Crippen molar-refractivity contribution in [3.8, 4) is 0 Å². The molecule has 1 fully saturated rings. The van der Waals surface area contributed by atoms with Crippen LogP contribution in [0.3, 0.4) is 0 Å². The van der Waals surface area contributed by atoms with E-state index >= 15 is 0 Å². The minimum absolute atomic E-state index is 0.492. The Kier molecular flexibility index (Phi) is 2.91. The standard InChI is InChI=1S/C12H19N3/c1-10-8-11(2-7-14-10)15-9-12(3-4-12)5-6-13/h2,7-8H,3-6,9,13H2,1H3,(H,14,15). The normalized spacial score (nSPS) is 17.5. The van der Waals surface area contributed by atoms with Crippen LogP contribution in [-0.4, -0.2) is 18.1 Å². The highest BCUT2D eigenvalue weighted by atomic mass is 14.9. The third kappa shape index (κ3) is 2.69. The number of rotatable bonds is 5. The summed E-state index contributed by atoms with van der Waals surface area (Å²) in [6.07, 6.45) is 5.63. The van der Waals surface area contributed by atoms with Gasteiger partial charge in [0.1, 0.15) is 0 Å². The molecule has 1 heterocycles. The minimum Gasteiger partial charge on any atom is -0.384 e. The molecule has 3 heteroatoms. The monoisotopic (exact) mass is 205 g/mol. The lowest BCUT2D eigenvalue weighted by Gasteiger charge is -2.15. The van der Waals surface area contributed by atoms with Crippen molar-refractivity contribution >= 4 is 5.69 Å². The average Bonchev–Trinajstić information content (AvgIpc) is 2.97. The SMILES string of the molecule is Cc1cc(NCC2(CCN)CC2)ccn1. The van der Waals surface area contributed by atoms with E-state index in [9.17, 15) is 0 Å². The van der Waals surface area contributed by atoms with Crippen LogP contribution in [0.15, 0.2) is 18.3 Å². The highest BCUT2D eigenvalue weighted by Gasteiger charge is 2.41. The van der Waals surface area contributed by atoms with Crippen molar-refractivity contribution in [3.05, 3.63) is 24.0 Å². The molecule has 3 nitrogen and oxygen atoms in total. The van der Waals surface area contributed by atoms with E-state index in [0.29, 0.717) is 5.41 Å². The Morgan fingerprint density at radius 3 is 2.93 bits per heavy atom. The van der Waals surface area contributed by atoms with Gasteiger partial charge in [0.15, 0.2) is 0 Å². The summed E-state index contributed by atoms with van der Waals surface area (Å²) in [5.74, 6) is 0. The lowest BCUT2D eigenvalue weighted by Crippen LogP contribution is -2.19. The second-order valence-electron chi connectivity index (χ2n) is 4.58. The maximum absolute atomic E-state index is 5.61. The van der Waals surface area contributed by atoms with Crippen LogP contribution < -0.4 is 11.1 Å². The second-order valence-corrected chi connectivity index (χ2v) is 4.58. The molecule has 0 bridgehead atoms. The van der Waals surface area contributed by atoms with Crippen LogP contribution in [0.25, 0.3) is 0 Å². The first kappa shape index (κ1) is 10.4. The van der Waals surface area contributed by atoms with E-state index in [4.69, 9.17) is 5.73 Å². The molecule has 1 aliphatic rings. The molecule has 1 saturated carbocycles. The number of hydrogen-bond donors (Lipinski definition) is 2. The van der Waals surface area contributed by atoms with Gasteiger partial charge in [-0.3, -0.25) is 4.98 Å². The third-order valence-electron chi connectivity index (χ3n) is 3.20. The van der Waals surface area contributed by atoms with Gasteiger partial charge >= 0.3 is 0 Å². The van der Waals surface area contributed by atoms with Crippen molar-refractivity contribution in [1.29, 1.82) is 0 Å². The number of aryl methyl sites for hydroxylation is 1. The van der Waals surface area contributed by atoms with Gasteiger partial charge in [-0.25, -0.2) is 0 Å². The van der Waals surface area contributed by atoms with Crippen LogP contribution in [0.2, 0.25) is 0 Å². The molecule has 0 aromatic carbocycles. The van der Waals surface area contributed by atoms with Crippen molar-refractivity contribution < 1.29 is 0 Å². The van der Waals surface area contributed by atoms with E-state index in [1.54, 1.807) is 0 Å². The first-order valence-electron chi connectivity index (χ1n) is 5.61. The van der Waals surface area contributed by atoms with Crippen LogP contribution in [0, 0.1) is 12.3 Å². The maximum atomic E-state index is 5.61. The zero-order valence-corrected chi connectivity index (χ0v) is 9.29. The molecule has 15 heavy (non-hydrogen) atoms. The summed E-state index contributed by atoms with van der Waals surface area (Å²) in [5, 5.41) is 3.48. The Morgan fingerprint density at radius 2 is 2.33 bits per heavy atom. The van der Waals surface area contributed by atoms with Gasteiger partial charge in [-0.05, 0) is 50.3 Å². The van der Waals surface area contributed by atoms with Crippen molar-refractivity contribution in [1.82, 2.24) is 4.98 Å². The van der Waals surface area contributed by atoms with E-state index in [2.05, 4.69) is 16.4 Å². The fraction of sp³-hybridized carbons (Fsp3) is 0.583. The van der Waals surface area contributed by atoms with E-state index in [1.807, 2.05) is 19.2 Å². The Bertz CT molecular complexity index is 331. The quantitative estimate of drug-likeness (QED) is 0.772. The first-order chi connectivity index (χ1) is 7.24. The van der Waals surface area contributed by atoms with Crippen LogP contribution in [0.1, 0.15) is 25.0 Å². The van der Waals surface area contributed by atoms with Crippen molar-refractivity contribution in [2.24, 2.45) is 11.1 Å². The zero-order chi connectivity index (χ0) is 10.7. The molecule has 1 aromatic rings. The molecule has 0 atom stereocenters. The summed E-state index contributed by atoms with van der Waals surface area (Å²) in [6, 6.07) is 4.10. The number of nitrogens with two attached hydrogens (primary N) is 1. The molecule has 0 aliphatic heterocycles. The molecule has 3 N–H and O–H groups in total. The lowest BCUT2D eigenvalue weighted by molar-refractivity contribution is 0.501. The molecule has 0 amide bonds. The number of anilines is 1. The van der Waals surface area contributed by atoms with Crippen LogP contribution in [-0.2, 0) is 0 Å². The van der Waals surface area contributed by atoms with E-state index in [1.165, 1.54) is 18.5 Å². The lowest BCUT2D eigenvalue weighted by atomic mass is 10.0. The van der Waals surface area contributed by atoms with Gasteiger partial charge in [0.25, 0.3) is 0 Å². The number of nitrogens with one attached hydrogen (secondary N) is 1. The summed E-state index contributed by atoms with van der Waals surface area (Å²) < 4.78 is 0. The van der Waals surface area contributed by atoms with Crippen molar-refractivity contribution in [3.63, 3.8) is 0 Å². The number of nitrogens with zero attached hydrogens (tertiary/aromatic N) is 1. The largest absolute Gasteiger partial charge is 0.384 e. The third-order valence-corrected chi connectivity index (χ3v) is 3.20. The molecular formula is C12H19N3. The number of hydrogen-bond acceptors (Lipinski definition) is 3. The van der Waals surface area contributed by atoms with Crippen molar-refractivity contribution in [2.45, 2.75) is 26.2 Å². The predicted octanol–water partition coefficient (Wildman–Crippen LogP) is 1.93. The second kappa shape index (κ2) is 4.19. The Labute approximate surface area is 91.1 Å². The fourth-order valence-electron chi connectivity index (χ4n) is 1.94. The topological polar surface area (TPSA) is 50.9 Å². The molecule has 1 aromatic heterocycles. The van der Waals surface area contributed by atoms with Gasteiger partial charge < -0.3 is 11.1 Å². The van der Waals surface area contributed by atoms with Gasteiger partial charge in [-0.2, -0.15) is 0 Å². The van der Waals surface area contributed by atoms with Gasteiger partial charge in [-0.1, -0.05) is 0 Å². The van der Waals surface area contributed by atoms with E-state index in [-0.39, 0.29) is 0 Å². The van der Waals surface area contributed by atoms with Crippen LogP contribution in [0.5, 0.6) is 0 Å². The summed E-state index contributed by atoms with van der Waals surface area (Å²) in [6.45, 7) is 3.86. The Hall–Kier alpha value is -1.09. The van der Waals surface area contributed by atoms with E-state index < -0.39 is 0 Å². The predicted molar refractivity (Wildman–Crippen MR) is 62.8 cm³/mol. The fourth-order valence-corrected chi connectivity index (χ4v) is 1.94. The average molecular weight is 205 g/mol. The van der Waals surface area contributed by atoms with Crippen LogP contribution >= 0.6 is 0 Å². The number of aromatic nitrogens is 1. The highest BCUT2D eigenvalue weighted by molar-refractivity contribution is 5.43. The minimum atomic E-state index is 0.492. The zero-order valence-electron chi connectivity index (χ0n) is 9.29.